The molecule has 0 radical (unpaired) electrons. The summed E-state index contributed by atoms with van der Waals surface area (Å²) in [4.78, 5) is 21.9. The monoisotopic (exact) mass is 541 g/mol. The first-order valence-corrected chi connectivity index (χ1v) is 13.7. The van der Waals surface area contributed by atoms with Crippen molar-refractivity contribution in [3.8, 4) is 0 Å². The third-order valence-corrected chi connectivity index (χ3v) is 7.80. The minimum absolute atomic E-state index is 0.0324. The quantitative estimate of drug-likeness (QED) is 0.216. The Bertz CT molecular complexity index is 1510. The van der Waals surface area contributed by atoms with Gasteiger partial charge in [-0.2, -0.15) is 0 Å². The summed E-state index contributed by atoms with van der Waals surface area (Å²) in [6.07, 6.45) is 3.31. The number of amides is 1. The number of aromatic nitrogens is 2. The van der Waals surface area contributed by atoms with Gasteiger partial charge in [-0.05, 0) is 55.2 Å². The summed E-state index contributed by atoms with van der Waals surface area (Å²) in [6, 6.07) is 20.6. The van der Waals surface area contributed by atoms with Gasteiger partial charge >= 0.3 is 0 Å². The molecule has 208 valence electrons. The van der Waals surface area contributed by atoms with Gasteiger partial charge in [0.25, 0.3) is 0 Å². The number of benzene rings is 3. The molecule has 9 heteroatoms. The number of anilines is 2. The molecular formula is C31H36FN7O. The molecule has 0 unspecified atom stereocenters. The topological polar surface area (TPSA) is 103 Å². The van der Waals surface area contributed by atoms with Gasteiger partial charge in [-0.25, -0.2) is 9.37 Å². The average Bonchev–Trinajstić information content (AvgIpc) is 3.28. The number of piperidine rings is 1. The van der Waals surface area contributed by atoms with Crippen molar-refractivity contribution in [2.24, 2.45) is 12.8 Å². The summed E-state index contributed by atoms with van der Waals surface area (Å²) in [5.74, 6) is 0.840. The first-order valence-electron chi connectivity index (χ1n) is 13.7. The predicted molar refractivity (Wildman–Crippen MR) is 158 cm³/mol. The molecule has 4 aromatic rings. The standard InChI is InChI=1S/C31H36FN7O/c1-37(30(40)20-39-17-15-23(16-18-39)35-26-6-4-3-5-25(26)32)24-12-13-28-27(19-24)36-29(38(28)2)14-9-21-7-10-22(11-8-21)31(33)34/h3-8,10-13,19,23,35H,9,14-18,20H2,1-2H3,(H3,33,34). The first kappa shape index (κ1) is 27.3. The number of nitrogens with two attached hydrogens (primary N) is 1. The van der Waals surface area contributed by atoms with E-state index in [2.05, 4.69) is 14.8 Å². The smallest absolute Gasteiger partial charge is 0.240 e. The van der Waals surface area contributed by atoms with E-state index in [9.17, 15) is 9.18 Å². The van der Waals surface area contributed by atoms with Crippen LogP contribution in [0.1, 0.15) is 29.8 Å². The van der Waals surface area contributed by atoms with E-state index in [0.717, 1.165) is 72.4 Å². The van der Waals surface area contributed by atoms with Crippen LogP contribution in [0.2, 0.25) is 0 Å². The van der Waals surface area contributed by atoms with E-state index in [1.165, 1.54) is 6.07 Å². The van der Waals surface area contributed by atoms with Gasteiger partial charge in [0.15, 0.2) is 0 Å². The van der Waals surface area contributed by atoms with Gasteiger partial charge in [-0.3, -0.25) is 15.1 Å². The molecule has 1 aliphatic rings. The number of carbonyl (C=O) groups is 1. The Kier molecular flexibility index (Phi) is 8.11. The third kappa shape index (κ3) is 6.15. The number of hydrogen-bond donors (Lipinski definition) is 3. The van der Waals surface area contributed by atoms with Crippen LogP contribution in [0.4, 0.5) is 15.8 Å². The number of fused-ring (bicyclic) bond motifs is 1. The van der Waals surface area contributed by atoms with Crippen molar-refractivity contribution in [1.82, 2.24) is 14.5 Å². The lowest BCUT2D eigenvalue weighted by molar-refractivity contribution is -0.119. The van der Waals surface area contributed by atoms with Crippen LogP contribution in [-0.4, -0.2) is 58.9 Å². The number of nitrogens with one attached hydrogen (secondary N) is 2. The van der Waals surface area contributed by atoms with E-state index in [4.69, 9.17) is 16.1 Å². The molecule has 0 atom stereocenters. The Balaban J connectivity index is 1.16. The van der Waals surface area contributed by atoms with Crippen molar-refractivity contribution in [2.45, 2.75) is 31.7 Å². The molecule has 2 heterocycles. The lowest BCUT2D eigenvalue weighted by Crippen LogP contribution is -2.44. The van der Waals surface area contributed by atoms with Gasteiger partial charge in [0.2, 0.25) is 5.91 Å². The molecule has 0 aliphatic carbocycles. The number of imidazole rings is 1. The lowest BCUT2D eigenvalue weighted by atomic mass is 10.0. The fourth-order valence-corrected chi connectivity index (χ4v) is 5.25. The molecule has 3 aromatic carbocycles. The van der Waals surface area contributed by atoms with Gasteiger partial charge < -0.3 is 20.5 Å². The maximum atomic E-state index is 14.0. The predicted octanol–water partition coefficient (Wildman–Crippen LogP) is 4.32. The summed E-state index contributed by atoms with van der Waals surface area (Å²) in [5, 5.41) is 10.8. The molecule has 4 N–H and O–H groups in total. The van der Waals surface area contributed by atoms with Crippen molar-refractivity contribution in [3.05, 3.63) is 89.5 Å². The molecular weight excluding hydrogens is 505 g/mol. The highest BCUT2D eigenvalue weighted by Gasteiger charge is 2.23. The van der Waals surface area contributed by atoms with Crippen LogP contribution >= 0.6 is 0 Å². The Hall–Kier alpha value is -4.24. The largest absolute Gasteiger partial charge is 0.384 e. The highest BCUT2D eigenvalue weighted by atomic mass is 19.1. The number of para-hydroxylation sites is 1. The number of nitrogen functional groups attached to an aromatic ring is 1. The normalized spacial score (nSPS) is 14.4. The summed E-state index contributed by atoms with van der Waals surface area (Å²) in [5.41, 5.74) is 10.7. The van der Waals surface area contributed by atoms with Gasteiger partial charge in [0, 0.05) is 50.9 Å². The fourth-order valence-electron chi connectivity index (χ4n) is 5.25. The molecule has 1 saturated heterocycles. The zero-order valence-electron chi connectivity index (χ0n) is 23.0. The molecule has 1 amide bonds. The highest BCUT2D eigenvalue weighted by molar-refractivity contribution is 5.96. The number of aryl methyl sites for hydroxylation is 3. The van der Waals surface area contributed by atoms with Crippen molar-refractivity contribution in [2.75, 3.05) is 36.9 Å². The third-order valence-electron chi connectivity index (χ3n) is 7.80. The van der Waals surface area contributed by atoms with Gasteiger partial charge in [0.05, 0.1) is 23.3 Å². The molecule has 1 fully saturated rings. The highest BCUT2D eigenvalue weighted by Crippen LogP contribution is 2.24. The zero-order chi connectivity index (χ0) is 28.2. The Morgan fingerprint density at radius 2 is 1.82 bits per heavy atom. The maximum Gasteiger partial charge on any atom is 0.240 e. The van der Waals surface area contributed by atoms with Crippen LogP contribution in [-0.2, 0) is 24.7 Å². The zero-order valence-corrected chi connectivity index (χ0v) is 23.0. The van der Waals surface area contributed by atoms with Crippen molar-refractivity contribution in [1.29, 1.82) is 5.41 Å². The maximum absolute atomic E-state index is 14.0. The number of rotatable bonds is 9. The Morgan fingerprint density at radius 3 is 2.52 bits per heavy atom. The van der Waals surface area contributed by atoms with E-state index in [0.29, 0.717) is 12.2 Å². The second kappa shape index (κ2) is 11.9. The number of carbonyl (C=O) groups excluding carboxylic acids is 1. The minimum Gasteiger partial charge on any atom is -0.384 e. The second-order valence-electron chi connectivity index (χ2n) is 10.5. The second-order valence-corrected chi connectivity index (χ2v) is 10.5. The fraction of sp³-hybridized carbons (Fsp3) is 0.323. The molecule has 40 heavy (non-hydrogen) atoms. The molecule has 5 rings (SSSR count). The van der Waals surface area contributed by atoms with E-state index in [-0.39, 0.29) is 23.6 Å². The van der Waals surface area contributed by atoms with Crippen molar-refractivity contribution >= 4 is 34.2 Å². The Morgan fingerprint density at radius 1 is 1.10 bits per heavy atom. The summed E-state index contributed by atoms with van der Waals surface area (Å²) in [6.45, 7) is 1.91. The van der Waals surface area contributed by atoms with Crippen LogP contribution < -0.4 is 16.0 Å². The number of likely N-dealkylation sites (N-methyl/N-ethyl adjacent to an activating group) is 1. The minimum atomic E-state index is -0.237. The van der Waals surface area contributed by atoms with E-state index >= 15 is 0 Å². The van der Waals surface area contributed by atoms with Crippen molar-refractivity contribution in [3.63, 3.8) is 0 Å². The Labute approximate surface area is 234 Å². The summed E-state index contributed by atoms with van der Waals surface area (Å²) >= 11 is 0. The number of likely N-dealkylation sites (tertiary alicyclic amines) is 1. The SMILES string of the molecule is CN(C(=O)CN1CCC(Nc2ccccc2F)CC1)c1ccc2c(c1)nc(CCc1ccc(C(=N)N)cc1)n2C. The molecule has 0 bridgehead atoms. The molecule has 0 spiro atoms. The van der Waals surface area contributed by atoms with E-state index < -0.39 is 0 Å². The summed E-state index contributed by atoms with van der Waals surface area (Å²) in [7, 11) is 3.83. The summed E-state index contributed by atoms with van der Waals surface area (Å²) < 4.78 is 16.1. The van der Waals surface area contributed by atoms with Gasteiger partial charge in [-0.1, -0.05) is 36.4 Å². The van der Waals surface area contributed by atoms with Crippen LogP contribution in [0.15, 0.2) is 66.7 Å². The van der Waals surface area contributed by atoms with Gasteiger partial charge in [0.1, 0.15) is 17.5 Å². The molecule has 1 aliphatic heterocycles. The molecule has 0 saturated carbocycles. The van der Waals surface area contributed by atoms with Crippen LogP contribution in [0, 0.1) is 11.2 Å². The van der Waals surface area contributed by atoms with Crippen LogP contribution in [0.3, 0.4) is 0 Å². The lowest BCUT2D eigenvalue weighted by Gasteiger charge is -2.33. The number of halogens is 1. The number of hydrogen-bond acceptors (Lipinski definition) is 5. The van der Waals surface area contributed by atoms with E-state index in [1.807, 2.05) is 62.6 Å². The number of amidine groups is 1. The van der Waals surface area contributed by atoms with Crippen molar-refractivity contribution < 1.29 is 9.18 Å². The van der Waals surface area contributed by atoms with Gasteiger partial charge in [-0.15, -0.1) is 0 Å². The van der Waals surface area contributed by atoms with Crippen LogP contribution in [0.5, 0.6) is 0 Å². The van der Waals surface area contributed by atoms with E-state index in [1.54, 1.807) is 17.0 Å². The average molecular weight is 542 g/mol. The van der Waals surface area contributed by atoms with Crippen LogP contribution in [0.25, 0.3) is 11.0 Å². The molecule has 1 aromatic heterocycles. The number of nitrogens with zero attached hydrogens (tertiary/aromatic N) is 4. The molecule has 8 nitrogen and oxygen atoms in total. The first-order chi connectivity index (χ1) is 19.3.